The van der Waals surface area contributed by atoms with Crippen LogP contribution in [0, 0.1) is 5.41 Å². The monoisotopic (exact) mass is 388 g/mol. The molecule has 0 spiro atoms. The first-order chi connectivity index (χ1) is 13.1. The topological polar surface area (TPSA) is 0 Å². The predicted octanol–water partition coefficient (Wildman–Crippen LogP) is 7.85. The van der Waals surface area contributed by atoms with E-state index in [0.29, 0.717) is 11.8 Å². The van der Waals surface area contributed by atoms with Gasteiger partial charge in [-0.25, -0.2) is 0 Å². The smallest absolute Gasteiger partial charge is 0.0345 e. The molecule has 136 valence electrons. The van der Waals surface area contributed by atoms with Gasteiger partial charge in [0.2, 0.25) is 0 Å². The molecule has 0 aliphatic heterocycles. The van der Waals surface area contributed by atoms with E-state index in [-0.39, 0.29) is 5.41 Å². The molecule has 5 rings (SSSR count). The second-order valence-electron chi connectivity index (χ2n) is 8.25. The van der Waals surface area contributed by atoms with Crippen LogP contribution in [0.5, 0.6) is 0 Å². The third-order valence-electron chi connectivity index (χ3n) is 6.33. The number of hydrogen-bond donors (Lipinski definition) is 0. The minimum atomic E-state index is 0.165. The van der Waals surface area contributed by atoms with Gasteiger partial charge in [0.05, 0.1) is 0 Å². The van der Waals surface area contributed by atoms with Crippen molar-refractivity contribution >= 4 is 32.8 Å². The van der Waals surface area contributed by atoms with Crippen molar-refractivity contribution in [2.24, 2.45) is 5.41 Å². The van der Waals surface area contributed by atoms with Crippen molar-refractivity contribution in [3.05, 3.63) is 93.0 Å². The molecule has 0 saturated carbocycles. The van der Waals surface area contributed by atoms with Gasteiger partial charge in [-0.15, -0.1) is 22.7 Å². The Morgan fingerprint density at radius 3 is 2.56 bits per heavy atom. The molecule has 1 aliphatic rings. The first kappa shape index (κ1) is 17.2. The zero-order chi connectivity index (χ0) is 18.4. The average Bonchev–Trinajstić information content (AvgIpc) is 3.41. The number of thiophene rings is 2. The summed E-state index contributed by atoms with van der Waals surface area (Å²) >= 11 is 3.89. The van der Waals surface area contributed by atoms with Crippen LogP contribution in [0.1, 0.15) is 53.0 Å². The summed E-state index contributed by atoms with van der Waals surface area (Å²) in [7, 11) is 0. The summed E-state index contributed by atoms with van der Waals surface area (Å²) in [6, 6.07) is 24.9. The maximum Gasteiger partial charge on any atom is 0.0345 e. The molecule has 0 radical (unpaired) electrons. The lowest BCUT2D eigenvalue weighted by molar-refractivity contribution is 0.251. The minimum Gasteiger partial charge on any atom is -0.148 e. The van der Waals surface area contributed by atoms with Crippen LogP contribution in [0.3, 0.4) is 0 Å². The standard InChI is InChI=1S/C25H24S2/c1-25(2,20-14-13-17-8-3-5-10-19(17)20)24(22-12-7-15-26-22)23-16-18-9-4-6-11-21(18)27-23/h3-12,15-16,20,24H,13-14H2,1-2H3. The van der Waals surface area contributed by atoms with Crippen LogP contribution in [0.25, 0.3) is 10.1 Å². The highest BCUT2D eigenvalue weighted by molar-refractivity contribution is 7.19. The van der Waals surface area contributed by atoms with Crippen LogP contribution in [-0.4, -0.2) is 0 Å². The molecular weight excluding hydrogens is 364 g/mol. The molecule has 27 heavy (non-hydrogen) atoms. The van der Waals surface area contributed by atoms with Crippen LogP contribution < -0.4 is 0 Å². The van der Waals surface area contributed by atoms with Gasteiger partial charge in [-0.2, -0.15) is 0 Å². The SMILES string of the molecule is CC(C)(C1CCc2ccccc21)C(c1cccs1)c1cc2ccccc2s1. The van der Waals surface area contributed by atoms with Gasteiger partial charge in [0.25, 0.3) is 0 Å². The largest absolute Gasteiger partial charge is 0.148 e. The number of aryl methyl sites for hydroxylation is 1. The molecule has 2 heteroatoms. The summed E-state index contributed by atoms with van der Waals surface area (Å²) in [4.78, 5) is 3.00. The molecule has 2 aromatic heterocycles. The molecule has 0 N–H and O–H groups in total. The normalized spacial score (nSPS) is 17.9. The van der Waals surface area contributed by atoms with Crippen LogP contribution in [-0.2, 0) is 6.42 Å². The lowest BCUT2D eigenvalue weighted by atomic mass is 9.66. The molecule has 1 aliphatic carbocycles. The molecule has 0 saturated heterocycles. The number of benzene rings is 2. The van der Waals surface area contributed by atoms with Crippen LogP contribution in [0.2, 0.25) is 0 Å². The van der Waals surface area contributed by atoms with E-state index in [1.165, 1.54) is 32.7 Å². The van der Waals surface area contributed by atoms with Crippen LogP contribution in [0.4, 0.5) is 0 Å². The van der Waals surface area contributed by atoms with Crippen molar-refractivity contribution in [1.82, 2.24) is 0 Å². The van der Waals surface area contributed by atoms with E-state index in [1.54, 1.807) is 11.1 Å². The summed E-state index contributed by atoms with van der Waals surface area (Å²) in [5.41, 5.74) is 3.29. The first-order valence-electron chi connectivity index (χ1n) is 9.74. The van der Waals surface area contributed by atoms with Gasteiger partial charge in [0.1, 0.15) is 0 Å². The van der Waals surface area contributed by atoms with Crippen molar-refractivity contribution in [3.8, 4) is 0 Å². The number of rotatable bonds is 4. The number of hydrogen-bond acceptors (Lipinski definition) is 2. The summed E-state index contributed by atoms with van der Waals surface area (Å²) in [6.45, 7) is 4.99. The van der Waals surface area contributed by atoms with Gasteiger partial charge in [0, 0.05) is 20.4 Å². The van der Waals surface area contributed by atoms with Crippen molar-refractivity contribution in [2.75, 3.05) is 0 Å². The predicted molar refractivity (Wildman–Crippen MR) is 119 cm³/mol. The summed E-state index contributed by atoms with van der Waals surface area (Å²) in [5.74, 6) is 1.04. The molecule has 0 fully saturated rings. The van der Waals surface area contributed by atoms with Crippen molar-refractivity contribution in [1.29, 1.82) is 0 Å². The Kier molecular flexibility index (Phi) is 4.22. The number of fused-ring (bicyclic) bond motifs is 2. The minimum absolute atomic E-state index is 0.165. The molecule has 2 heterocycles. The van der Waals surface area contributed by atoms with Crippen molar-refractivity contribution < 1.29 is 0 Å². The Bertz CT molecular complexity index is 1040. The highest BCUT2D eigenvalue weighted by Gasteiger charge is 2.43. The maximum absolute atomic E-state index is 2.49. The molecule has 2 atom stereocenters. The van der Waals surface area contributed by atoms with Gasteiger partial charge < -0.3 is 0 Å². The Labute approximate surface area is 169 Å². The molecule has 4 aromatic rings. The summed E-state index contributed by atoms with van der Waals surface area (Å²) in [6.07, 6.45) is 2.48. The quantitative estimate of drug-likeness (QED) is 0.334. The second-order valence-corrected chi connectivity index (χ2v) is 10.3. The first-order valence-corrected chi connectivity index (χ1v) is 11.4. The summed E-state index contributed by atoms with van der Waals surface area (Å²) in [5, 5.41) is 3.61. The van der Waals surface area contributed by atoms with E-state index in [4.69, 9.17) is 0 Å². The maximum atomic E-state index is 2.49. The fourth-order valence-corrected chi connectivity index (χ4v) is 7.50. The highest BCUT2D eigenvalue weighted by atomic mass is 32.1. The lowest BCUT2D eigenvalue weighted by Crippen LogP contribution is -2.28. The average molecular weight is 389 g/mol. The molecule has 0 bridgehead atoms. The second kappa shape index (κ2) is 6.61. The Morgan fingerprint density at radius 2 is 1.74 bits per heavy atom. The van der Waals surface area contributed by atoms with Crippen LogP contribution in [0.15, 0.2) is 72.1 Å². The van der Waals surface area contributed by atoms with E-state index in [1.807, 2.05) is 22.7 Å². The molecule has 0 nitrogen and oxygen atoms in total. The van der Waals surface area contributed by atoms with Crippen molar-refractivity contribution in [3.63, 3.8) is 0 Å². The molecule has 2 unspecified atom stereocenters. The lowest BCUT2D eigenvalue weighted by Gasteiger charge is -2.39. The van der Waals surface area contributed by atoms with E-state index in [9.17, 15) is 0 Å². The van der Waals surface area contributed by atoms with Gasteiger partial charge in [-0.05, 0) is 64.3 Å². The van der Waals surface area contributed by atoms with E-state index < -0.39 is 0 Å². The fraction of sp³-hybridized carbons (Fsp3) is 0.280. The summed E-state index contributed by atoms with van der Waals surface area (Å²) < 4.78 is 1.40. The van der Waals surface area contributed by atoms with E-state index in [2.05, 4.69) is 86.0 Å². The Hall–Kier alpha value is -1.90. The van der Waals surface area contributed by atoms with E-state index >= 15 is 0 Å². The van der Waals surface area contributed by atoms with Gasteiger partial charge in [-0.1, -0.05) is 62.4 Å². The Balaban J connectivity index is 1.65. The van der Waals surface area contributed by atoms with Gasteiger partial charge in [0.15, 0.2) is 0 Å². The van der Waals surface area contributed by atoms with Crippen molar-refractivity contribution in [2.45, 2.75) is 38.5 Å². The highest BCUT2D eigenvalue weighted by Crippen LogP contribution is 2.56. The van der Waals surface area contributed by atoms with Gasteiger partial charge >= 0.3 is 0 Å². The zero-order valence-corrected chi connectivity index (χ0v) is 17.4. The van der Waals surface area contributed by atoms with E-state index in [0.717, 1.165) is 0 Å². The molecule has 0 amide bonds. The zero-order valence-electron chi connectivity index (χ0n) is 15.8. The van der Waals surface area contributed by atoms with Crippen LogP contribution >= 0.6 is 22.7 Å². The fourth-order valence-electron chi connectivity index (χ4n) is 5.00. The molecule has 2 aromatic carbocycles. The third kappa shape index (κ3) is 2.86. The third-order valence-corrected chi connectivity index (χ3v) is 8.45. The van der Waals surface area contributed by atoms with Gasteiger partial charge in [-0.3, -0.25) is 0 Å². The molecular formula is C25H24S2. The Morgan fingerprint density at radius 1 is 0.926 bits per heavy atom.